The zero-order valence-electron chi connectivity index (χ0n) is 12.2. The van der Waals surface area contributed by atoms with E-state index in [-0.39, 0.29) is 12.6 Å². The SMILES string of the molecule is CCOC(=O)C1=C(CN(C)c2ccccc2)NC(=O)NC1. The van der Waals surface area contributed by atoms with Crippen molar-refractivity contribution >= 4 is 17.7 Å². The first kappa shape index (κ1) is 14.9. The highest BCUT2D eigenvalue weighted by Crippen LogP contribution is 2.15. The van der Waals surface area contributed by atoms with Gasteiger partial charge in [-0.25, -0.2) is 9.59 Å². The van der Waals surface area contributed by atoms with Crippen molar-refractivity contribution in [3.05, 3.63) is 41.6 Å². The Morgan fingerprint density at radius 1 is 1.33 bits per heavy atom. The van der Waals surface area contributed by atoms with Crippen LogP contribution < -0.4 is 15.5 Å². The standard InChI is InChI=1S/C15H19N3O3/c1-3-21-14(19)12-9-16-15(20)17-13(12)10-18(2)11-7-5-4-6-8-11/h4-8H,3,9-10H2,1-2H3,(H2,16,17,20). The highest BCUT2D eigenvalue weighted by atomic mass is 16.5. The molecule has 0 aliphatic carbocycles. The lowest BCUT2D eigenvalue weighted by molar-refractivity contribution is -0.138. The topological polar surface area (TPSA) is 70.7 Å². The molecule has 6 heteroatoms. The number of nitrogens with one attached hydrogen (secondary N) is 2. The van der Waals surface area contributed by atoms with Crippen molar-refractivity contribution in [1.29, 1.82) is 0 Å². The van der Waals surface area contributed by atoms with Crippen LogP contribution in [0.15, 0.2) is 41.6 Å². The molecular weight excluding hydrogens is 270 g/mol. The van der Waals surface area contributed by atoms with Crippen molar-refractivity contribution < 1.29 is 14.3 Å². The summed E-state index contributed by atoms with van der Waals surface area (Å²) in [7, 11) is 1.90. The van der Waals surface area contributed by atoms with Gasteiger partial charge in [-0.2, -0.15) is 0 Å². The molecular formula is C15H19N3O3. The minimum atomic E-state index is -0.401. The van der Waals surface area contributed by atoms with E-state index in [0.29, 0.717) is 24.4 Å². The van der Waals surface area contributed by atoms with Crippen LogP contribution in [0.1, 0.15) is 6.92 Å². The Morgan fingerprint density at radius 3 is 2.71 bits per heavy atom. The van der Waals surface area contributed by atoms with Gasteiger partial charge in [-0.3, -0.25) is 0 Å². The number of amides is 2. The number of carbonyl (C=O) groups excluding carboxylic acids is 2. The third-order valence-corrected chi connectivity index (χ3v) is 3.17. The van der Waals surface area contributed by atoms with Crippen molar-refractivity contribution in [1.82, 2.24) is 10.6 Å². The number of benzene rings is 1. The molecule has 0 atom stereocenters. The Hall–Kier alpha value is -2.50. The van der Waals surface area contributed by atoms with Gasteiger partial charge >= 0.3 is 12.0 Å². The fraction of sp³-hybridized carbons (Fsp3) is 0.333. The van der Waals surface area contributed by atoms with E-state index in [9.17, 15) is 9.59 Å². The van der Waals surface area contributed by atoms with Gasteiger partial charge in [0.2, 0.25) is 0 Å². The van der Waals surface area contributed by atoms with E-state index in [1.54, 1.807) is 6.92 Å². The van der Waals surface area contributed by atoms with Gasteiger partial charge < -0.3 is 20.3 Å². The fourth-order valence-corrected chi connectivity index (χ4v) is 2.09. The predicted octanol–water partition coefficient (Wildman–Crippen LogP) is 1.25. The molecule has 1 aromatic rings. The zero-order valence-corrected chi connectivity index (χ0v) is 12.2. The summed E-state index contributed by atoms with van der Waals surface area (Å²) in [5.74, 6) is -0.401. The van der Waals surface area contributed by atoms with Crippen LogP contribution in [0.3, 0.4) is 0 Å². The van der Waals surface area contributed by atoms with Crippen molar-refractivity contribution in [2.75, 3.05) is 31.6 Å². The van der Waals surface area contributed by atoms with Gasteiger partial charge in [0.15, 0.2) is 0 Å². The first-order valence-corrected chi connectivity index (χ1v) is 6.82. The lowest BCUT2D eigenvalue weighted by Crippen LogP contribution is -2.46. The molecule has 112 valence electrons. The van der Waals surface area contributed by atoms with Crippen LogP contribution in [0, 0.1) is 0 Å². The van der Waals surface area contributed by atoms with Crippen LogP contribution >= 0.6 is 0 Å². The van der Waals surface area contributed by atoms with Crippen LogP contribution in [0.25, 0.3) is 0 Å². The monoisotopic (exact) mass is 289 g/mol. The highest BCUT2D eigenvalue weighted by Gasteiger charge is 2.24. The largest absolute Gasteiger partial charge is 0.463 e. The molecule has 0 fully saturated rings. The van der Waals surface area contributed by atoms with Gasteiger partial charge in [0.05, 0.1) is 31.0 Å². The average molecular weight is 289 g/mol. The fourth-order valence-electron chi connectivity index (χ4n) is 2.09. The van der Waals surface area contributed by atoms with Crippen LogP contribution in [0.2, 0.25) is 0 Å². The molecule has 0 unspecified atom stereocenters. The van der Waals surface area contributed by atoms with Gasteiger partial charge in [0.1, 0.15) is 0 Å². The summed E-state index contributed by atoms with van der Waals surface area (Å²) >= 11 is 0. The maximum Gasteiger partial charge on any atom is 0.337 e. The Kier molecular flexibility index (Phi) is 4.81. The quantitative estimate of drug-likeness (QED) is 0.800. The summed E-state index contributed by atoms with van der Waals surface area (Å²) in [4.78, 5) is 25.4. The Bertz CT molecular complexity index is 555. The molecule has 0 spiro atoms. The molecule has 0 aromatic heterocycles. The van der Waals surface area contributed by atoms with E-state index in [2.05, 4.69) is 10.6 Å². The van der Waals surface area contributed by atoms with Crippen molar-refractivity contribution in [2.45, 2.75) is 6.92 Å². The minimum absolute atomic E-state index is 0.183. The molecule has 2 rings (SSSR count). The third-order valence-electron chi connectivity index (χ3n) is 3.17. The van der Waals surface area contributed by atoms with E-state index >= 15 is 0 Å². The minimum Gasteiger partial charge on any atom is -0.463 e. The molecule has 0 radical (unpaired) electrons. The van der Waals surface area contributed by atoms with Gasteiger partial charge in [0.25, 0.3) is 0 Å². The van der Waals surface area contributed by atoms with Crippen molar-refractivity contribution in [2.24, 2.45) is 0 Å². The Labute approximate surface area is 123 Å². The van der Waals surface area contributed by atoms with Crippen LogP contribution in [-0.2, 0) is 9.53 Å². The average Bonchev–Trinajstić information content (AvgIpc) is 2.48. The molecule has 0 saturated carbocycles. The second kappa shape index (κ2) is 6.78. The molecule has 1 aromatic carbocycles. The molecule has 1 heterocycles. The number of urea groups is 1. The first-order valence-electron chi connectivity index (χ1n) is 6.82. The number of rotatable bonds is 5. The molecule has 21 heavy (non-hydrogen) atoms. The maximum atomic E-state index is 11.9. The van der Waals surface area contributed by atoms with Crippen LogP contribution in [-0.4, -0.2) is 38.7 Å². The molecule has 2 amide bonds. The van der Waals surface area contributed by atoms with Crippen LogP contribution in [0.5, 0.6) is 0 Å². The number of para-hydroxylation sites is 1. The molecule has 1 aliphatic heterocycles. The molecule has 0 bridgehead atoms. The second-order valence-corrected chi connectivity index (χ2v) is 4.68. The van der Waals surface area contributed by atoms with E-state index < -0.39 is 5.97 Å². The number of nitrogens with zero attached hydrogens (tertiary/aromatic N) is 1. The van der Waals surface area contributed by atoms with Gasteiger partial charge in [-0.15, -0.1) is 0 Å². The van der Waals surface area contributed by atoms with Gasteiger partial charge in [0, 0.05) is 12.7 Å². The van der Waals surface area contributed by atoms with Crippen LogP contribution in [0.4, 0.5) is 10.5 Å². The van der Waals surface area contributed by atoms with Gasteiger partial charge in [-0.05, 0) is 19.1 Å². The molecule has 1 aliphatic rings. The maximum absolute atomic E-state index is 11.9. The van der Waals surface area contributed by atoms with E-state index in [1.165, 1.54) is 0 Å². The van der Waals surface area contributed by atoms with E-state index in [4.69, 9.17) is 4.74 Å². The van der Waals surface area contributed by atoms with Gasteiger partial charge in [-0.1, -0.05) is 18.2 Å². The normalized spacial score (nSPS) is 14.3. The summed E-state index contributed by atoms with van der Waals surface area (Å²) in [5, 5.41) is 5.28. The lowest BCUT2D eigenvalue weighted by atomic mass is 10.1. The number of esters is 1. The number of ether oxygens (including phenoxy) is 1. The summed E-state index contributed by atoms with van der Waals surface area (Å²) in [5.41, 5.74) is 2.03. The highest BCUT2D eigenvalue weighted by molar-refractivity contribution is 5.93. The molecule has 2 N–H and O–H groups in total. The molecule has 6 nitrogen and oxygen atoms in total. The smallest absolute Gasteiger partial charge is 0.337 e. The third kappa shape index (κ3) is 3.75. The second-order valence-electron chi connectivity index (χ2n) is 4.68. The number of carbonyl (C=O) groups is 2. The summed E-state index contributed by atoms with van der Waals surface area (Å²) in [6.07, 6.45) is 0. The summed E-state index contributed by atoms with van der Waals surface area (Å²) in [6.45, 7) is 2.66. The number of likely N-dealkylation sites (N-methyl/N-ethyl adjacent to an activating group) is 1. The molecule has 0 saturated heterocycles. The lowest BCUT2D eigenvalue weighted by Gasteiger charge is -2.26. The van der Waals surface area contributed by atoms with E-state index in [0.717, 1.165) is 5.69 Å². The first-order chi connectivity index (χ1) is 10.1. The number of hydrogen-bond acceptors (Lipinski definition) is 4. The van der Waals surface area contributed by atoms with E-state index in [1.807, 2.05) is 42.3 Å². The summed E-state index contributed by atoms with van der Waals surface area (Å²) in [6, 6.07) is 9.44. The zero-order chi connectivity index (χ0) is 15.2. The number of hydrogen-bond donors (Lipinski definition) is 2. The Morgan fingerprint density at radius 2 is 2.05 bits per heavy atom. The Balaban J connectivity index is 2.19. The summed E-state index contributed by atoms with van der Waals surface area (Å²) < 4.78 is 5.03. The van der Waals surface area contributed by atoms with Crippen molar-refractivity contribution in [3.8, 4) is 0 Å². The number of anilines is 1. The van der Waals surface area contributed by atoms with Crippen molar-refractivity contribution in [3.63, 3.8) is 0 Å². The predicted molar refractivity (Wildman–Crippen MR) is 79.9 cm³/mol.